The molecule has 0 aliphatic rings. The zero-order valence-corrected chi connectivity index (χ0v) is 9.25. The van der Waals surface area contributed by atoms with E-state index in [4.69, 9.17) is 0 Å². The number of hydrogen-bond donors (Lipinski definition) is 2. The van der Waals surface area contributed by atoms with E-state index in [9.17, 15) is 14.7 Å². The van der Waals surface area contributed by atoms with Crippen molar-refractivity contribution in [1.29, 1.82) is 0 Å². The van der Waals surface area contributed by atoms with E-state index in [0.717, 1.165) is 4.57 Å². The fourth-order valence-electron chi connectivity index (χ4n) is 1.50. The van der Waals surface area contributed by atoms with Gasteiger partial charge in [0.2, 0.25) is 5.88 Å². The third kappa shape index (κ3) is 2.12. The van der Waals surface area contributed by atoms with Crippen LogP contribution < -0.4 is 11.2 Å². The molecule has 2 aromatic rings. The van der Waals surface area contributed by atoms with Crippen LogP contribution in [0.4, 0.5) is 0 Å². The average Bonchev–Trinajstić information content (AvgIpc) is 2.79. The predicted octanol–water partition coefficient (Wildman–Crippen LogP) is -0.553. The molecule has 2 aromatic heterocycles. The highest BCUT2D eigenvalue weighted by atomic mass is 16.3. The number of aromatic nitrogens is 4. The molecular formula is C10H12N4O3. The lowest BCUT2D eigenvalue weighted by Gasteiger charge is -2.09. The highest BCUT2D eigenvalue weighted by molar-refractivity contribution is 5.20. The molecule has 0 aliphatic heterocycles. The Bertz CT molecular complexity index is 624. The molecule has 0 atom stereocenters. The SMILES string of the molecule is Cc1c(O)n(CCn2cccn2)c(=O)[nH]c1=O. The third-order valence-corrected chi connectivity index (χ3v) is 2.51. The Labute approximate surface area is 96.0 Å². The van der Waals surface area contributed by atoms with Gasteiger partial charge in [-0.05, 0) is 13.0 Å². The zero-order chi connectivity index (χ0) is 12.4. The normalized spacial score (nSPS) is 10.6. The van der Waals surface area contributed by atoms with Crippen LogP contribution in [-0.4, -0.2) is 24.4 Å². The van der Waals surface area contributed by atoms with E-state index in [0.29, 0.717) is 6.54 Å². The summed E-state index contributed by atoms with van der Waals surface area (Å²) in [5.41, 5.74) is -1.06. The number of nitrogens with one attached hydrogen (secondary N) is 1. The van der Waals surface area contributed by atoms with E-state index in [1.165, 1.54) is 6.92 Å². The Morgan fingerprint density at radius 3 is 2.82 bits per heavy atom. The van der Waals surface area contributed by atoms with Crippen molar-refractivity contribution < 1.29 is 5.11 Å². The van der Waals surface area contributed by atoms with Crippen LogP contribution in [0.25, 0.3) is 0 Å². The summed E-state index contributed by atoms with van der Waals surface area (Å²) in [6.07, 6.45) is 3.38. The van der Waals surface area contributed by atoms with E-state index in [-0.39, 0.29) is 18.0 Å². The fraction of sp³-hybridized carbons (Fsp3) is 0.300. The van der Waals surface area contributed by atoms with Gasteiger partial charge in [0.15, 0.2) is 0 Å². The third-order valence-electron chi connectivity index (χ3n) is 2.51. The molecule has 90 valence electrons. The van der Waals surface area contributed by atoms with E-state index in [1.807, 2.05) is 0 Å². The molecule has 0 fully saturated rings. The topological polar surface area (TPSA) is 92.9 Å². The molecule has 0 amide bonds. The number of aromatic amines is 1. The molecule has 2 rings (SSSR count). The number of aryl methyl sites for hydroxylation is 1. The number of hydrogen-bond acceptors (Lipinski definition) is 4. The maximum atomic E-state index is 11.5. The van der Waals surface area contributed by atoms with Crippen LogP contribution in [0, 0.1) is 6.92 Å². The first-order chi connectivity index (χ1) is 8.09. The molecule has 2 N–H and O–H groups in total. The van der Waals surface area contributed by atoms with Gasteiger partial charge in [-0.25, -0.2) is 4.79 Å². The van der Waals surface area contributed by atoms with Gasteiger partial charge in [-0.1, -0.05) is 0 Å². The van der Waals surface area contributed by atoms with E-state index >= 15 is 0 Å². The van der Waals surface area contributed by atoms with Gasteiger partial charge in [-0.15, -0.1) is 0 Å². The average molecular weight is 236 g/mol. The van der Waals surface area contributed by atoms with Crippen molar-refractivity contribution in [1.82, 2.24) is 19.3 Å². The summed E-state index contributed by atoms with van der Waals surface area (Å²) in [6, 6.07) is 1.76. The monoisotopic (exact) mass is 236 g/mol. The lowest BCUT2D eigenvalue weighted by Crippen LogP contribution is -2.32. The molecule has 7 heteroatoms. The summed E-state index contributed by atoms with van der Waals surface area (Å²) >= 11 is 0. The van der Waals surface area contributed by atoms with Crippen LogP contribution in [0.2, 0.25) is 0 Å². The molecule has 0 radical (unpaired) electrons. The van der Waals surface area contributed by atoms with Gasteiger partial charge < -0.3 is 5.11 Å². The number of aromatic hydroxyl groups is 1. The zero-order valence-electron chi connectivity index (χ0n) is 9.25. The van der Waals surface area contributed by atoms with Crippen molar-refractivity contribution in [2.75, 3.05) is 0 Å². The molecule has 0 spiro atoms. The molecule has 2 heterocycles. The quantitative estimate of drug-likeness (QED) is 0.747. The van der Waals surface area contributed by atoms with Crippen LogP contribution >= 0.6 is 0 Å². The molecule has 0 aliphatic carbocycles. The summed E-state index contributed by atoms with van der Waals surface area (Å²) in [5, 5.41) is 13.7. The van der Waals surface area contributed by atoms with Crippen molar-refractivity contribution >= 4 is 0 Å². The van der Waals surface area contributed by atoms with Gasteiger partial charge in [-0.3, -0.25) is 19.0 Å². The first-order valence-electron chi connectivity index (χ1n) is 5.09. The van der Waals surface area contributed by atoms with E-state index in [1.54, 1.807) is 23.1 Å². The minimum Gasteiger partial charge on any atom is -0.494 e. The van der Waals surface area contributed by atoms with E-state index in [2.05, 4.69) is 10.1 Å². The van der Waals surface area contributed by atoms with Crippen LogP contribution in [0.5, 0.6) is 5.88 Å². The molecule has 0 saturated carbocycles. The Morgan fingerprint density at radius 1 is 1.41 bits per heavy atom. The summed E-state index contributed by atoms with van der Waals surface area (Å²) in [4.78, 5) is 24.8. The Morgan fingerprint density at radius 2 is 2.18 bits per heavy atom. The van der Waals surface area contributed by atoms with Crippen LogP contribution in [0.1, 0.15) is 5.56 Å². The maximum Gasteiger partial charge on any atom is 0.331 e. The molecule has 0 unspecified atom stereocenters. The maximum absolute atomic E-state index is 11.5. The minimum absolute atomic E-state index is 0.130. The van der Waals surface area contributed by atoms with Gasteiger partial charge in [-0.2, -0.15) is 5.10 Å². The Hall–Kier alpha value is -2.31. The second kappa shape index (κ2) is 4.28. The van der Waals surface area contributed by atoms with Crippen molar-refractivity contribution in [3.8, 4) is 5.88 Å². The minimum atomic E-state index is -0.620. The first-order valence-corrected chi connectivity index (χ1v) is 5.09. The fourth-order valence-corrected chi connectivity index (χ4v) is 1.50. The second-order valence-electron chi connectivity index (χ2n) is 3.63. The lowest BCUT2D eigenvalue weighted by molar-refractivity contribution is 0.381. The summed E-state index contributed by atoms with van der Waals surface area (Å²) in [6.45, 7) is 2.13. The van der Waals surface area contributed by atoms with Gasteiger partial charge >= 0.3 is 5.69 Å². The van der Waals surface area contributed by atoms with Crippen molar-refractivity contribution in [3.05, 3.63) is 44.9 Å². The molecular weight excluding hydrogens is 224 g/mol. The molecule has 0 bridgehead atoms. The standard InChI is InChI=1S/C10H12N4O3/c1-7-8(15)12-10(17)14(9(7)16)6-5-13-4-2-3-11-13/h2-4,16H,5-6H2,1H3,(H,12,15,17). The van der Waals surface area contributed by atoms with Crippen LogP contribution in [-0.2, 0) is 13.1 Å². The van der Waals surface area contributed by atoms with Gasteiger partial charge in [0.25, 0.3) is 5.56 Å². The number of H-pyrrole nitrogens is 1. The highest BCUT2D eigenvalue weighted by Gasteiger charge is 2.09. The number of rotatable bonds is 3. The van der Waals surface area contributed by atoms with Crippen molar-refractivity contribution in [3.63, 3.8) is 0 Å². The summed E-state index contributed by atoms with van der Waals surface area (Å²) in [7, 11) is 0. The predicted molar refractivity (Wildman–Crippen MR) is 60.0 cm³/mol. The summed E-state index contributed by atoms with van der Waals surface area (Å²) in [5.74, 6) is -0.300. The highest BCUT2D eigenvalue weighted by Crippen LogP contribution is 2.07. The first kappa shape index (κ1) is 11.2. The lowest BCUT2D eigenvalue weighted by atomic mass is 10.3. The van der Waals surface area contributed by atoms with E-state index < -0.39 is 11.2 Å². The summed E-state index contributed by atoms with van der Waals surface area (Å²) < 4.78 is 2.74. The van der Waals surface area contributed by atoms with Crippen molar-refractivity contribution in [2.24, 2.45) is 0 Å². The molecule has 0 saturated heterocycles. The van der Waals surface area contributed by atoms with Gasteiger partial charge in [0.1, 0.15) is 0 Å². The Balaban J connectivity index is 2.30. The van der Waals surface area contributed by atoms with Crippen LogP contribution in [0.15, 0.2) is 28.0 Å². The number of nitrogens with zero attached hydrogens (tertiary/aromatic N) is 3. The van der Waals surface area contributed by atoms with Gasteiger partial charge in [0.05, 0.1) is 18.7 Å². The second-order valence-corrected chi connectivity index (χ2v) is 3.63. The smallest absolute Gasteiger partial charge is 0.331 e. The van der Waals surface area contributed by atoms with Crippen molar-refractivity contribution in [2.45, 2.75) is 20.0 Å². The molecule has 17 heavy (non-hydrogen) atoms. The molecule has 0 aromatic carbocycles. The van der Waals surface area contributed by atoms with Crippen LogP contribution in [0.3, 0.4) is 0 Å². The molecule has 7 nitrogen and oxygen atoms in total. The largest absolute Gasteiger partial charge is 0.494 e. The van der Waals surface area contributed by atoms with Gasteiger partial charge in [0, 0.05) is 12.4 Å². The Kier molecular flexibility index (Phi) is 2.82.